The van der Waals surface area contributed by atoms with Crippen LogP contribution in [0.4, 0.5) is 0 Å². The van der Waals surface area contributed by atoms with Gasteiger partial charge in [0.15, 0.2) is 6.10 Å². The van der Waals surface area contributed by atoms with Crippen molar-refractivity contribution < 1.29 is 42.1 Å². The minimum absolute atomic E-state index is 0.0159. The Balaban J connectivity index is 4.46. The van der Waals surface area contributed by atoms with Crippen molar-refractivity contribution in [3.63, 3.8) is 0 Å². The third kappa shape index (κ3) is 39.9. The van der Waals surface area contributed by atoms with Gasteiger partial charge in [0.05, 0.1) is 27.7 Å². The number of phosphoric acid groups is 1. The van der Waals surface area contributed by atoms with E-state index < -0.39 is 32.5 Å². The summed E-state index contributed by atoms with van der Waals surface area (Å²) in [5, 5.41) is 0. The number of phosphoric ester groups is 1. The first-order valence-corrected chi connectivity index (χ1v) is 23.3. The highest BCUT2D eigenvalue weighted by atomic mass is 31.2. The topological polar surface area (TPSA) is 108 Å². The summed E-state index contributed by atoms with van der Waals surface area (Å²) >= 11 is 0. The first-order valence-electron chi connectivity index (χ1n) is 21.8. The highest BCUT2D eigenvalue weighted by Gasteiger charge is 2.26. The Kier molecular flexibility index (Phi) is 35.6. The third-order valence-corrected chi connectivity index (χ3v) is 10.2. The van der Waals surface area contributed by atoms with Crippen LogP contribution in [-0.2, 0) is 32.7 Å². The Morgan fingerprint density at radius 3 is 1.63 bits per heavy atom. The van der Waals surface area contributed by atoms with Crippen molar-refractivity contribution in [2.75, 3.05) is 47.5 Å². The van der Waals surface area contributed by atoms with E-state index in [-0.39, 0.29) is 19.6 Å². The molecule has 0 aromatic carbocycles. The fourth-order valence-corrected chi connectivity index (χ4v) is 6.53. The molecule has 1 unspecified atom stereocenters. The summed E-state index contributed by atoms with van der Waals surface area (Å²) in [6.45, 7) is 4.27. The zero-order chi connectivity index (χ0) is 40.0. The molecule has 0 aliphatic rings. The highest BCUT2D eigenvalue weighted by Crippen LogP contribution is 2.43. The van der Waals surface area contributed by atoms with Crippen molar-refractivity contribution in [2.45, 2.75) is 187 Å². The molecule has 10 heteroatoms. The zero-order valence-corrected chi connectivity index (χ0v) is 36.3. The number of nitrogens with zero attached hydrogens (tertiary/aromatic N) is 1. The fourth-order valence-electron chi connectivity index (χ4n) is 5.78. The number of hydrogen-bond donors (Lipinski definition) is 1. The minimum atomic E-state index is -4.40. The molecular weight excluding hydrogens is 701 g/mol. The number of allylic oxidation sites excluding steroid dienone is 5. The average molecular weight is 785 g/mol. The van der Waals surface area contributed by atoms with Gasteiger partial charge in [-0.15, -0.1) is 0 Å². The molecule has 0 aliphatic carbocycles. The van der Waals surface area contributed by atoms with Gasteiger partial charge in [0, 0.05) is 12.5 Å². The van der Waals surface area contributed by atoms with Crippen LogP contribution in [0, 0.1) is 0 Å². The number of ether oxygens (including phenoxy) is 2. The number of carbonyl (C=O) groups is 2. The van der Waals surface area contributed by atoms with Crippen molar-refractivity contribution in [1.29, 1.82) is 0 Å². The molecule has 0 rings (SSSR count). The van der Waals surface area contributed by atoms with Crippen molar-refractivity contribution in [3.05, 3.63) is 36.5 Å². The van der Waals surface area contributed by atoms with E-state index >= 15 is 0 Å². The number of esters is 2. The lowest BCUT2D eigenvalue weighted by Crippen LogP contribution is -2.37. The summed E-state index contributed by atoms with van der Waals surface area (Å²) in [6.07, 6.45) is 41.1. The van der Waals surface area contributed by atoms with Crippen LogP contribution in [0.5, 0.6) is 0 Å². The fraction of sp³-hybridized carbons (Fsp3) is 0.818. The predicted molar refractivity (Wildman–Crippen MR) is 224 cm³/mol. The van der Waals surface area contributed by atoms with Gasteiger partial charge in [-0.2, -0.15) is 0 Å². The van der Waals surface area contributed by atoms with E-state index in [0.29, 0.717) is 11.0 Å². The number of carbonyl (C=O) groups excluding carboxylic acids is 2. The maximum Gasteiger partial charge on any atom is 0.472 e. The van der Waals surface area contributed by atoms with E-state index in [2.05, 4.69) is 26.0 Å². The van der Waals surface area contributed by atoms with Crippen molar-refractivity contribution in [2.24, 2.45) is 0 Å². The Morgan fingerprint density at radius 1 is 0.611 bits per heavy atom. The highest BCUT2D eigenvalue weighted by molar-refractivity contribution is 7.47. The number of likely N-dealkylation sites (N-methyl/N-ethyl adjacent to an activating group) is 1. The molecule has 1 N–H and O–H groups in total. The molecule has 0 saturated heterocycles. The van der Waals surface area contributed by atoms with E-state index in [1.165, 1.54) is 134 Å². The van der Waals surface area contributed by atoms with Gasteiger partial charge < -0.3 is 18.9 Å². The first kappa shape index (κ1) is 52.2. The molecule has 9 nitrogen and oxygen atoms in total. The Labute approximate surface area is 331 Å². The monoisotopic (exact) mass is 785 g/mol. The van der Waals surface area contributed by atoms with E-state index in [9.17, 15) is 19.0 Å². The summed E-state index contributed by atoms with van der Waals surface area (Å²) in [7, 11) is 1.42. The van der Waals surface area contributed by atoms with Crippen LogP contribution in [0.2, 0.25) is 0 Å². The minimum Gasteiger partial charge on any atom is -0.462 e. The van der Waals surface area contributed by atoms with Gasteiger partial charge in [0.1, 0.15) is 19.8 Å². The van der Waals surface area contributed by atoms with Gasteiger partial charge in [0.2, 0.25) is 0 Å². The van der Waals surface area contributed by atoms with Crippen molar-refractivity contribution in [1.82, 2.24) is 0 Å². The molecule has 0 aromatic rings. The van der Waals surface area contributed by atoms with Crippen LogP contribution in [0.3, 0.4) is 0 Å². The maximum atomic E-state index is 12.6. The molecule has 0 aliphatic heterocycles. The smallest absolute Gasteiger partial charge is 0.462 e. The van der Waals surface area contributed by atoms with Crippen LogP contribution in [0.25, 0.3) is 0 Å². The van der Waals surface area contributed by atoms with Gasteiger partial charge >= 0.3 is 19.8 Å². The van der Waals surface area contributed by atoms with E-state index in [1.54, 1.807) is 6.08 Å². The molecule has 316 valence electrons. The summed E-state index contributed by atoms with van der Waals surface area (Å²) in [5.74, 6) is -1.05. The maximum absolute atomic E-state index is 12.6. The van der Waals surface area contributed by atoms with E-state index in [4.69, 9.17) is 18.5 Å². The lowest BCUT2D eigenvalue weighted by molar-refractivity contribution is -0.870. The average Bonchev–Trinajstić information content (AvgIpc) is 3.12. The molecular formula is C44H83NO8P+. The van der Waals surface area contributed by atoms with Crippen LogP contribution < -0.4 is 0 Å². The summed E-state index contributed by atoms with van der Waals surface area (Å²) in [5.41, 5.74) is 0. The predicted octanol–water partition coefficient (Wildman–Crippen LogP) is 12.1. The Bertz CT molecular complexity index is 1020. The molecule has 0 bridgehead atoms. The number of hydrogen-bond acceptors (Lipinski definition) is 7. The molecule has 0 heterocycles. The van der Waals surface area contributed by atoms with Crippen LogP contribution >= 0.6 is 7.82 Å². The van der Waals surface area contributed by atoms with Crippen LogP contribution in [0.15, 0.2) is 36.5 Å². The molecule has 2 atom stereocenters. The van der Waals surface area contributed by atoms with Gasteiger partial charge in [-0.3, -0.25) is 13.8 Å². The first-order chi connectivity index (χ1) is 26.0. The van der Waals surface area contributed by atoms with Crippen molar-refractivity contribution in [3.8, 4) is 0 Å². The number of quaternary nitrogens is 1. The zero-order valence-electron chi connectivity index (χ0n) is 35.5. The molecule has 0 spiro atoms. The van der Waals surface area contributed by atoms with Gasteiger partial charge in [0.25, 0.3) is 0 Å². The summed E-state index contributed by atoms with van der Waals surface area (Å²) < 4.78 is 34.1. The van der Waals surface area contributed by atoms with E-state index in [1.807, 2.05) is 33.3 Å². The molecule has 0 fully saturated rings. The Hall–Kier alpha value is -1.77. The number of unbranched alkanes of at least 4 members (excludes halogenated alkanes) is 22. The second-order valence-corrected chi connectivity index (χ2v) is 17.3. The molecule has 54 heavy (non-hydrogen) atoms. The van der Waals surface area contributed by atoms with E-state index in [0.717, 1.165) is 32.1 Å². The third-order valence-electron chi connectivity index (χ3n) is 9.25. The standard InChI is InChI=1S/C44H82NO8P/c1-6-8-10-12-14-16-18-20-22-24-26-28-30-32-34-36-43(46)50-40-42(41-52-54(48,49)51-39-38-45(3,4)5)53-44(47)37-35-33-31-29-27-25-23-21-19-17-15-13-11-9-7-2/h12,14,31,33,35,37,42H,6-11,13,15-30,32,34,36,38-41H2,1-5H3/p+1/b14-12+,33-31+,37-35+/t42-/m1/s1. The second-order valence-electron chi connectivity index (χ2n) is 15.8. The molecule has 0 saturated carbocycles. The largest absolute Gasteiger partial charge is 0.472 e. The van der Waals surface area contributed by atoms with Gasteiger partial charge in [-0.05, 0) is 38.5 Å². The second kappa shape index (κ2) is 36.8. The summed E-state index contributed by atoms with van der Waals surface area (Å²) in [4.78, 5) is 35.2. The Morgan fingerprint density at radius 2 is 1.09 bits per heavy atom. The molecule has 0 aromatic heterocycles. The summed E-state index contributed by atoms with van der Waals surface area (Å²) in [6, 6.07) is 0. The van der Waals surface area contributed by atoms with Gasteiger partial charge in [-0.25, -0.2) is 9.36 Å². The van der Waals surface area contributed by atoms with Crippen LogP contribution in [0.1, 0.15) is 181 Å². The van der Waals surface area contributed by atoms with Gasteiger partial charge in [-0.1, -0.05) is 166 Å². The number of rotatable bonds is 39. The van der Waals surface area contributed by atoms with Crippen molar-refractivity contribution >= 4 is 19.8 Å². The molecule has 0 amide bonds. The quantitative estimate of drug-likeness (QED) is 0.0125. The normalized spacial score (nSPS) is 14.0. The molecule has 0 radical (unpaired) electrons. The lowest BCUT2D eigenvalue weighted by Gasteiger charge is -2.24. The lowest BCUT2D eigenvalue weighted by atomic mass is 10.1. The SMILES string of the molecule is CCCC/C=C/CCCCCCCCCCCC(=O)OC[C@H](COP(=O)(O)OCC[N+](C)(C)C)OC(=O)/C=C/C=C/CCCCCCCCCCCCC. The van der Waals surface area contributed by atoms with Crippen LogP contribution in [-0.4, -0.2) is 74.9 Å².